The molecule has 1 aliphatic rings. The van der Waals surface area contributed by atoms with Crippen LogP contribution in [0.3, 0.4) is 0 Å². The van der Waals surface area contributed by atoms with E-state index in [-0.39, 0.29) is 62.3 Å². The molecule has 0 spiro atoms. The molecule has 0 aliphatic carbocycles. The maximum absolute atomic E-state index is 14.3. The molecule has 4 N–H and O–H groups in total. The molecule has 1 heterocycles. The van der Waals surface area contributed by atoms with E-state index in [2.05, 4.69) is 21.3 Å². The van der Waals surface area contributed by atoms with Gasteiger partial charge in [0.1, 0.15) is 33.6 Å². The molecule has 0 fully saturated rings. The largest absolute Gasteiger partial charge is 0.444 e. The molecular formula is C85H157N9O16. The van der Waals surface area contributed by atoms with E-state index in [9.17, 15) is 47.9 Å². The number of nitrogens with one attached hydrogen (secondary N) is 4. The molecule has 10 amide bonds. The van der Waals surface area contributed by atoms with E-state index in [1.165, 1.54) is 120 Å². The second-order valence-electron chi connectivity index (χ2n) is 36.0. The minimum atomic E-state index is -0.807. The molecule has 0 atom stereocenters. The summed E-state index contributed by atoms with van der Waals surface area (Å²) in [4.78, 5) is 137. The molecule has 0 radical (unpaired) electrons. The van der Waals surface area contributed by atoms with E-state index in [1.54, 1.807) is 61.1 Å². The first-order valence-corrected chi connectivity index (χ1v) is 42.4. The van der Waals surface area contributed by atoms with E-state index in [4.69, 9.17) is 28.4 Å². The van der Waals surface area contributed by atoms with Crippen molar-refractivity contribution in [2.45, 2.75) is 383 Å². The Morgan fingerprint density at radius 3 is 0.855 bits per heavy atom. The lowest BCUT2D eigenvalue weighted by atomic mass is 9.98. The predicted octanol–water partition coefficient (Wildman–Crippen LogP) is 18.4. The number of imide groups is 1. The van der Waals surface area contributed by atoms with Crippen LogP contribution in [0.25, 0.3) is 0 Å². The number of carbonyl (C=O) groups is 10. The van der Waals surface area contributed by atoms with Crippen LogP contribution in [0.4, 0.5) is 28.8 Å². The summed E-state index contributed by atoms with van der Waals surface area (Å²) in [5, 5.41) is 11.6. The number of rotatable bonds is 57. The summed E-state index contributed by atoms with van der Waals surface area (Å²) in [6.45, 7) is 37.1. The predicted molar refractivity (Wildman–Crippen MR) is 437 cm³/mol. The van der Waals surface area contributed by atoms with Gasteiger partial charge in [-0.05, 0) is 201 Å². The molecule has 25 nitrogen and oxygen atoms in total. The first-order chi connectivity index (χ1) is 51.5. The quantitative estimate of drug-likeness (QED) is 0.0250. The van der Waals surface area contributed by atoms with Crippen LogP contribution in [0, 0.1) is 5.92 Å². The molecule has 0 saturated heterocycles. The van der Waals surface area contributed by atoms with Crippen LogP contribution in [0.2, 0.25) is 0 Å². The van der Waals surface area contributed by atoms with Crippen molar-refractivity contribution in [3.63, 3.8) is 0 Å². The van der Waals surface area contributed by atoms with Gasteiger partial charge in [0.05, 0.1) is 0 Å². The van der Waals surface area contributed by atoms with E-state index in [0.717, 1.165) is 57.8 Å². The summed E-state index contributed by atoms with van der Waals surface area (Å²) in [5.41, 5.74) is -4.41. The minimum Gasteiger partial charge on any atom is -0.444 e. The monoisotopic (exact) mass is 1560 g/mol. The van der Waals surface area contributed by atoms with E-state index < -0.39 is 70.2 Å². The molecule has 1 aliphatic heterocycles. The van der Waals surface area contributed by atoms with Crippen LogP contribution in [-0.4, -0.2) is 203 Å². The maximum Gasteiger partial charge on any atom is 0.410 e. The Balaban J connectivity index is 2.83. The summed E-state index contributed by atoms with van der Waals surface area (Å²) in [5.74, 6) is -0.761. The second-order valence-corrected chi connectivity index (χ2v) is 36.0. The lowest BCUT2D eigenvalue weighted by Crippen LogP contribution is -2.45. The zero-order chi connectivity index (χ0) is 82.7. The van der Waals surface area contributed by atoms with Gasteiger partial charge in [0.2, 0.25) is 11.8 Å². The number of ether oxygens (including phenoxy) is 6. The van der Waals surface area contributed by atoms with E-state index in [1.807, 2.05) is 83.1 Å². The Morgan fingerprint density at radius 2 is 0.545 bits per heavy atom. The van der Waals surface area contributed by atoms with E-state index >= 15 is 0 Å². The highest BCUT2D eigenvalue weighted by Gasteiger charge is 2.31. The lowest BCUT2D eigenvalue weighted by Gasteiger charge is -2.34. The summed E-state index contributed by atoms with van der Waals surface area (Å²) >= 11 is 0. The third-order valence-corrected chi connectivity index (χ3v) is 17.8. The van der Waals surface area contributed by atoms with Crippen molar-refractivity contribution in [1.82, 2.24) is 45.8 Å². The molecular weight excluding hydrogens is 1400 g/mol. The number of nitrogens with zero attached hydrogens (tertiary/aromatic N) is 5. The highest BCUT2D eigenvalue weighted by molar-refractivity contribution is 6.12. The van der Waals surface area contributed by atoms with Crippen LogP contribution in [-0.2, 0) is 47.6 Å². The van der Waals surface area contributed by atoms with Crippen molar-refractivity contribution in [1.29, 1.82) is 0 Å². The SMILES string of the molecule is CC(C)(C)OC(=O)NCCCN(CCCCN(CC(CCCCCCNC(=O)CCCCCCCCCCCCCCCCCCCCCCCNC(=O)CCCN1C(=O)C=CC1=O)CN(CCCCN(CCCNC(=O)OC(C)(C)C)C(=O)OC(C)(C)C)C(=O)OC(C)(C)C)C(=O)OC(C)(C)C)C(=O)OC(C)(C)C. The molecule has 0 aromatic heterocycles. The third-order valence-electron chi connectivity index (χ3n) is 17.8. The van der Waals surface area contributed by atoms with Crippen molar-refractivity contribution in [3.8, 4) is 0 Å². The maximum atomic E-state index is 14.3. The Kier molecular flexibility index (Phi) is 51.5. The average Bonchev–Trinajstić information content (AvgIpc) is 1.49. The van der Waals surface area contributed by atoms with Gasteiger partial charge in [-0.2, -0.15) is 0 Å². The van der Waals surface area contributed by atoms with Crippen molar-refractivity contribution in [3.05, 3.63) is 12.2 Å². The van der Waals surface area contributed by atoms with Gasteiger partial charge in [-0.25, -0.2) is 28.8 Å². The van der Waals surface area contributed by atoms with Gasteiger partial charge in [0, 0.05) is 110 Å². The van der Waals surface area contributed by atoms with Crippen LogP contribution < -0.4 is 21.3 Å². The fraction of sp³-hybridized carbons (Fsp3) is 0.859. The molecule has 0 aromatic rings. The zero-order valence-electron chi connectivity index (χ0n) is 72.4. The number of amides is 10. The molecule has 638 valence electrons. The molecule has 25 heteroatoms. The molecule has 0 aromatic carbocycles. The van der Waals surface area contributed by atoms with Gasteiger partial charge in [0.15, 0.2) is 0 Å². The van der Waals surface area contributed by atoms with Gasteiger partial charge in [-0.3, -0.25) is 24.1 Å². The molecule has 0 unspecified atom stereocenters. The van der Waals surface area contributed by atoms with Gasteiger partial charge < -0.3 is 69.3 Å². The molecule has 0 bridgehead atoms. The Morgan fingerprint density at radius 1 is 0.300 bits per heavy atom. The summed E-state index contributed by atoms with van der Waals surface area (Å²) in [6, 6.07) is 0. The van der Waals surface area contributed by atoms with E-state index in [0.29, 0.717) is 117 Å². The Hall–Kier alpha value is -6.56. The number of unbranched alkanes of at least 4 members (excludes halogenated alkanes) is 25. The number of hydrogen-bond donors (Lipinski definition) is 4. The standard InChI is InChI=1S/C85H157N9O16/c1-80(2,3)105-74(99)88-58-49-64-90(76(101)107-82(7,8)9)60-44-46-62-92(78(103)109-84(13,14)15)67-69(68-93(79(104)110-85(16,17)18)63-47-45-61-91(77(102)108-83(10,11)12)65-50-59-89-75(100)106-81(4,5)6)51-40-37-39-43-57-86-70(95)52-41-36-34-32-30-28-26-24-22-20-19-21-23-25-27-29-31-33-35-38-42-56-87-71(96)53-48-66-94-72(97)54-55-73(94)98/h54-55,69H,19-53,56-68H2,1-18H3,(H,86,95)(H,87,96)(H,88,99)(H,89,100). The number of hydrogen-bond acceptors (Lipinski definition) is 16. The van der Waals surface area contributed by atoms with Gasteiger partial charge in [-0.1, -0.05) is 141 Å². The van der Waals surface area contributed by atoms with Crippen LogP contribution in [0.15, 0.2) is 12.2 Å². The van der Waals surface area contributed by atoms with Crippen molar-refractivity contribution in [2.75, 3.05) is 85.1 Å². The highest BCUT2D eigenvalue weighted by Crippen LogP contribution is 2.23. The van der Waals surface area contributed by atoms with Crippen LogP contribution in [0.5, 0.6) is 0 Å². The molecule has 110 heavy (non-hydrogen) atoms. The first-order valence-electron chi connectivity index (χ1n) is 42.4. The average molecular weight is 1560 g/mol. The minimum absolute atomic E-state index is 0.0227. The lowest BCUT2D eigenvalue weighted by molar-refractivity contribution is -0.137. The topological polar surface area (TPSA) is 290 Å². The zero-order valence-corrected chi connectivity index (χ0v) is 72.4. The van der Waals surface area contributed by atoms with Crippen molar-refractivity contribution < 1.29 is 76.4 Å². The van der Waals surface area contributed by atoms with Gasteiger partial charge in [-0.15, -0.1) is 0 Å². The highest BCUT2D eigenvalue weighted by atomic mass is 16.6. The second kappa shape index (κ2) is 55.8. The Labute approximate surface area is 665 Å². The van der Waals surface area contributed by atoms with Crippen LogP contribution in [0.1, 0.15) is 349 Å². The fourth-order valence-electron chi connectivity index (χ4n) is 12.4. The first kappa shape index (κ1) is 101. The molecule has 1 rings (SSSR count). The van der Waals surface area contributed by atoms with Crippen molar-refractivity contribution >= 4 is 60.2 Å². The summed E-state index contributed by atoms with van der Waals surface area (Å²) in [6.07, 6.45) is 33.7. The fourth-order valence-corrected chi connectivity index (χ4v) is 12.4. The van der Waals surface area contributed by atoms with Crippen LogP contribution >= 0.6 is 0 Å². The van der Waals surface area contributed by atoms with Crippen molar-refractivity contribution in [2.24, 2.45) is 5.92 Å². The number of alkyl carbamates (subject to hydrolysis) is 2. The number of carbonyl (C=O) groups excluding carboxylic acids is 10. The third kappa shape index (κ3) is 59.2. The molecule has 0 saturated carbocycles. The summed E-state index contributed by atoms with van der Waals surface area (Å²) in [7, 11) is 0. The Bertz CT molecular complexity index is 2520. The normalized spacial score (nSPS) is 12.7. The summed E-state index contributed by atoms with van der Waals surface area (Å²) < 4.78 is 34.5. The smallest absolute Gasteiger partial charge is 0.410 e. The van der Waals surface area contributed by atoms with Gasteiger partial charge >= 0.3 is 36.6 Å². The van der Waals surface area contributed by atoms with Gasteiger partial charge in [0.25, 0.3) is 11.8 Å².